The molecule has 1 heterocycles. The van der Waals surface area contributed by atoms with E-state index < -0.39 is 0 Å². The monoisotopic (exact) mass is 376 g/mol. The largest absolute Gasteiger partial charge is 0.354 e. The first-order chi connectivity index (χ1) is 14.3. The molecule has 0 aromatic heterocycles. The second kappa shape index (κ2) is 7.24. The van der Waals surface area contributed by atoms with Gasteiger partial charge in [0.15, 0.2) is 0 Å². The van der Waals surface area contributed by atoms with Crippen LogP contribution in [0.2, 0.25) is 0 Å². The number of rotatable bonds is 3. The number of benzene rings is 4. The van der Waals surface area contributed by atoms with E-state index in [4.69, 9.17) is 4.98 Å². The molecule has 0 saturated heterocycles. The maximum Gasteiger partial charge on any atom is 0.0900 e. The number of anilines is 2. The van der Waals surface area contributed by atoms with Gasteiger partial charge in [-0.05, 0) is 48.5 Å². The molecule has 0 spiro atoms. The normalized spacial score (nSPS) is 11.8. The maximum atomic E-state index is 4.94. The van der Waals surface area contributed by atoms with Crippen molar-refractivity contribution >= 4 is 22.4 Å². The van der Waals surface area contributed by atoms with Gasteiger partial charge in [0, 0.05) is 18.4 Å². The predicted molar refractivity (Wildman–Crippen MR) is 119 cm³/mol. The molecule has 5 rings (SSSR count). The summed E-state index contributed by atoms with van der Waals surface area (Å²) < 4.78 is 2.25. The second-order valence-corrected chi connectivity index (χ2v) is 6.84. The fraction of sp³-hybridized carbons (Fsp3) is 0.0400. The topological polar surface area (TPSA) is 42.2 Å². The summed E-state index contributed by atoms with van der Waals surface area (Å²) in [5.74, 6) is 0. The molecule has 1 aliphatic carbocycles. The molecule has 0 bridgehead atoms. The molecule has 2 aliphatic rings. The van der Waals surface area contributed by atoms with Crippen molar-refractivity contribution in [1.29, 1.82) is 0 Å². The van der Waals surface area contributed by atoms with Crippen molar-refractivity contribution in [2.75, 3.05) is 12.4 Å². The number of nitrogens with one attached hydrogen (secondary N) is 1. The van der Waals surface area contributed by atoms with Crippen molar-refractivity contribution < 1.29 is 0 Å². The lowest BCUT2D eigenvalue weighted by Gasteiger charge is -2.20. The van der Waals surface area contributed by atoms with Crippen molar-refractivity contribution in [2.24, 2.45) is 4.99 Å². The van der Waals surface area contributed by atoms with Gasteiger partial charge >= 0.3 is 0 Å². The molecular formula is C25H20N4. The number of hydrogen-bond acceptors (Lipinski definition) is 3. The third-order valence-corrected chi connectivity index (χ3v) is 5.01. The molecule has 1 N–H and O–H groups in total. The van der Waals surface area contributed by atoms with E-state index in [1.54, 1.807) is 0 Å². The van der Waals surface area contributed by atoms with Crippen molar-refractivity contribution in [1.82, 2.24) is 9.55 Å². The highest BCUT2D eigenvalue weighted by Crippen LogP contribution is 2.30. The van der Waals surface area contributed by atoms with Gasteiger partial charge in [0.05, 0.1) is 33.5 Å². The number of nitrogens with zero attached hydrogens (tertiary/aromatic N) is 3. The van der Waals surface area contributed by atoms with Gasteiger partial charge in [-0.25, -0.2) is 4.98 Å². The molecule has 0 atom stereocenters. The third-order valence-electron chi connectivity index (χ3n) is 5.01. The highest BCUT2D eigenvalue weighted by Gasteiger charge is 2.16. The van der Waals surface area contributed by atoms with Gasteiger partial charge in [-0.15, -0.1) is 0 Å². The van der Waals surface area contributed by atoms with Gasteiger partial charge in [0.2, 0.25) is 0 Å². The summed E-state index contributed by atoms with van der Waals surface area (Å²) >= 11 is 0. The smallest absolute Gasteiger partial charge is 0.0900 e. The van der Waals surface area contributed by atoms with Gasteiger partial charge in [-0.2, -0.15) is 0 Å². The minimum atomic E-state index is 0.892. The molecule has 0 saturated carbocycles. The van der Waals surface area contributed by atoms with Crippen molar-refractivity contribution in [2.45, 2.75) is 0 Å². The van der Waals surface area contributed by atoms with Crippen LogP contribution in [0, 0.1) is 0 Å². The second-order valence-electron chi connectivity index (χ2n) is 6.84. The summed E-state index contributed by atoms with van der Waals surface area (Å²) in [7, 11) is 1.82. The quantitative estimate of drug-likeness (QED) is 0.428. The summed E-state index contributed by atoms with van der Waals surface area (Å²) in [5.41, 5.74) is 7.02. The van der Waals surface area contributed by atoms with Gasteiger partial charge in [-0.1, -0.05) is 48.5 Å². The molecule has 1 aliphatic heterocycles. The van der Waals surface area contributed by atoms with Crippen LogP contribution in [0.1, 0.15) is 0 Å². The maximum absolute atomic E-state index is 4.94. The highest BCUT2D eigenvalue weighted by atomic mass is 15.0. The van der Waals surface area contributed by atoms with Gasteiger partial charge in [0.25, 0.3) is 0 Å². The summed E-state index contributed by atoms with van der Waals surface area (Å²) in [5, 5.41) is 4.37. The van der Waals surface area contributed by atoms with Crippen LogP contribution < -0.4 is 10.7 Å². The van der Waals surface area contributed by atoms with E-state index in [-0.39, 0.29) is 0 Å². The SMILES string of the molecule is CN=c1cc2n(-c3ccccc3)c3ccccc3nc-2cc1Nc1ccccc1. The Hall–Kier alpha value is -3.92. The van der Waals surface area contributed by atoms with E-state index in [2.05, 4.69) is 63.4 Å². The van der Waals surface area contributed by atoms with E-state index in [0.717, 1.165) is 44.8 Å². The number of hydrogen-bond donors (Lipinski definition) is 1. The van der Waals surface area contributed by atoms with Crippen LogP contribution in [-0.2, 0) is 0 Å². The van der Waals surface area contributed by atoms with E-state index >= 15 is 0 Å². The Morgan fingerprint density at radius 3 is 2.24 bits per heavy atom. The predicted octanol–water partition coefficient (Wildman–Crippen LogP) is 5.40. The lowest BCUT2D eigenvalue weighted by Crippen LogP contribution is -2.14. The molecule has 140 valence electrons. The average molecular weight is 376 g/mol. The Morgan fingerprint density at radius 2 is 1.48 bits per heavy atom. The van der Waals surface area contributed by atoms with Crippen LogP contribution >= 0.6 is 0 Å². The molecule has 3 aromatic carbocycles. The Morgan fingerprint density at radius 1 is 0.793 bits per heavy atom. The van der Waals surface area contributed by atoms with Crippen LogP contribution in [0.25, 0.3) is 28.1 Å². The Balaban J connectivity index is 1.81. The van der Waals surface area contributed by atoms with Crippen LogP contribution in [0.3, 0.4) is 0 Å². The van der Waals surface area contributed by atoms with Gasteiger partial charge < -0.3 is 9.88 Å². The molecule has 0 amide bonds. The highest BCUT2D eigenvalue weighted by molar-refractivity contribution is 5.84. The summed E-state index contributed by atoms with van der Waals surface area (Å²) in [6.07, 6.45) is 0. The van der Waals surface area contributed by atoms with Crippen molar-refractivity contribution in [3.8, 4) is 17.1 Å². The van der Waals surface area contributed by atoms with Crippen LogP contribution in [0.4, 0.5) is 11.4 Å². The Kier molecular flexibility index (Phi) is 4.30. The zero-order valence-corrected chi connectivity index (χ0v) is 16.1. The Bertz CT molecular complexity index is 1320. The van der Waals surface area contributed by atoms with E-state index in [1.165, 1.54) is 0 Å². The molecule has 0 radical (unpaired) electrons. The molecule has 3 aromatic rings. The first kappa shape index (κ1) is 17.2. The number of aromatic nitrogens is 2. The fourth-order valence-corrected chi connectivity index (χ4v) is 3.66. The molecule has 4 nitrogen and oxygen atoms in total. The molecule has 4 heteroatoms. The van der Waals surface area contributed by atoms with Crippen molar-refractivity contribution in [3.63, 3.8) is 0 Å². The fourth-order valence-electron chi connectivity index (χ4n) is 3.66. The zero-order chi connectivity index (χ0) is 19.6. The zero-order valence-electron chi connectivity index (χ0n) is 16.1. The van der Waals surface area contributed by atoms with Crippen LogP contribution in [0.5, 0.6) is 0 Å². The standard InChI is InChI=1S/C25H20N4/c1-26-21-17-25-23(16-22(21)27-18-10-4-2-5-11-18)28-20-14-8-9-15-24(20)29(25)19-12-6-3-7-13-19/h2-17,27H,1H3. The summed E-state index contributed by atoms with van der Waals surface area (Å²) in [4.78, 5) is 9.47. The van der Waals surface area contributed by atoms with Gasteiger partial charge in [0.1, 0.15) is 0 Å². The summed E-state index contributed by atoms with van der Waals surface area (Å²) in [6.45, 7) is 0. The van der Waals surface area contributed by atoms with E-state index in [9.17, 15) is 0 Å². The minimum absolute atomic E-state index is 0.892. The lowest BCUT2D eigenvalue weighted by atomic mass is 10.1. The van der Waals surface area contributed by atoms with Crippen LogP contribution in [-0.4, -0.2) is 16.6 Å². The van der Waals surface area contributed by atoms with Crippen LogP contribution in [0.15, 0.2) is 102 Å². The van der Waals surface area contributed by atoms with Gasteiger partial charge in [-0.3, -0.25) is 4.99 Å². The molecular weight excluding hydrogens is 356 g/mol. The first-order valence-corrected chi connectivity index (χ1v) is 9.59. The molecule has 0 unspecified atom stereocenters. The van der Waals surface area contributed by atoms with Crippen molar-refractivity contribution in [3.05, 3.63) is 102 Å². The average Bonchev–Trinajstić information content (AvgIpc) is 2.78. The Labute approximate surface area is 169 Å². The minimum Gasteiger partial charge on any atom is -0.354 e. The molecule has 0 fully saturated rings. The molecule has 29 heavy (non-hydrogen) atoms. The lowest BCUT2D eigenvalue weighted by molar-refractivity contribution is 1.07. The van der Waals surface area contributed by atoms with E-state index in [1.807, 2.05) is 55.6 Å². The van der Waals surface area contributed by atoms with E-state index in [0.29, 0.717) is 0 Å². The number of fused-ring (bicyclic) bond motifs is 2. The first-order valence-electron chi connectivity index (χ1n) is 9.59. The number of para-hydroxylation sites is 4. The summed E-state index contributed by atoms with van der Waals surface area (Å²) in [6, 6.07) is 32.9. The third kappa shape index (κ3) is 3.15.